The molecule has 0 saturated heterocycles. The van der Waals surface area contributed by atoms with Gasteiger partial charge in [0.05, 0.1) is 26.7 Å². The Bertz CT molecular complexity index is 91.8. The second-order valence-electron chi connectivity index (χ2n) is 1.79. The van der Waals surface area contributed by atoms with Gasteiger partial charge in [-0.05, 0) is 25.0 Å². The van der Waals surface area contributed by atoms with Gasteiger partial charge in [-0.1, -0.05) is 0 Å². The summed E-state index contributed by atoms with van der Waals surface area (Å²) in [5.74, 6) is 0. The van der Waals surface area contributed by atoms with E-state index in [0.717, 1.165) is 12.8 Å². The van der Waals surface area contributed by atoms with E-state index in [0.29, 0.717) is 0 Å². The minimum atomic E-state index is 0.994. The molecule has 0 aliphatic carbocycles. The van der Waals surface area contributed by atoms with Crippen LogP contribution in [-0.2, 0) is 9.47 Å². The molecule has 0 saturated carbocycles. The number of methoxy groups -OCH3 is 2. The van der Waals surface area contributed by atoms with Gasteiger partial charge in [-0.2, -0.15) is 0 Å². The zero-order valence-corrected chi connectivity index (χ0v) is 6.54. The Kier molecular flexibility index (Phi) is 7.34. The van der Waals surface area contributed by atoms with Gasteiger partial charge < -0.3 is 9.47 Å². The number of hydrogen-bond acceptors (Lipinski definition) is 2. The number of rotatable bonds is 5. The molecule has 0 spiro atoms. The van der Waals surface area contributed by atoms with Crippen LogP contribution in [0.15, 0.2) is 24.7 Å². The summed E-state index contributed by atoms with van der Waals surface area (Å²) in [6.45, 7) is 0. The van der Waals surface area contributed by atoms with Gasteiger partial charge in [0.1, 0.15) is 0 Å². The van der Waals surface area contributed by atoms with Crippen LogP contribution in [0.3, 0.4) is 0 Å². The largest absolute Gasteiger partial charge is 0.505 e. The van der Waals surface area contributed by atoms with Crippen LogP contribution in [0.2, 0.25) is 0 Å². The lowest BCUT2D eigenvalue weighted by Crippen LogP contribution is -1.69. The maximum Gasteiger partial charge on any atom is 0.0784 e. The third-order valence-electron chi connectivity index (χ3n) is 0.965. The van der Waals surface area contributed by atoms with Crippen LogP contribution in [0.4, 0.5) is 0 Å². The maximum atomic E-state index is 4.71. The topological polar surface area (TPSA) is 18.5 Å². The molecule has 0 aromatic rings. The number of hydrogen-bond donors (Lipinski definition) is 0. The van der Waals surface area contributed by atoms with Crippen molar-refractivity contribution in [1.29, 1.82) is 0 Å². The molecule has 0 radical (unpaired) electrons. The molecule has 0 unspecified atom stereocenters. The van der Waals surface area contributed by atoms with Crippen molar-refractivity contribution in [2.45, 2.75) is 12.8 Å². The number of unbranched alkanes of at least 4 members (excludes halogenated alkanes) is 1. The van der Waals surface area contributed by atoms with Crippen molar-refractivity contribution in [3.8, 4) is 0 Å². The highest BCUT2D eigenvalue weighted by Gasteiger charge is 1.74. The monoisotopic (exact) mass is 142 g/mol. The summed E-state index contributed by atoms with van der Waals surface area (Å²) >= 11 is 0. The van der Waals surface area contributed by atoms with Gasteiger partial charge in [0.25, 0.3) is 0 Å². The van der Waals surface area contributed by atoms with E-state index in [1.165, 1.54) is 0 Å². The second-order valence-corrected chi connectivity index (χ2v) is 1.79. The molecule has 2 nitrogen and oxygen atoms in total. The summed E-state index contributed by atoms with van der Waals surface area (Å²) in [6.07, 6.45) is 9.29. The van der Waals surface area contributed by atoms with Gasteiger partial charge in [0, 0.05) is 0 Å². The standard InChI is InChI=1S/C8H14O2/c1-9-7-5-3-4-6-8-10-2/h5-8H,3-4H2,1-2H3. The molecule has 0 atom stereocenters. The fraction of sp³-hybridized carbons (Fsp3) is 0.500. The zero-order valence-electron chi connectivity index (χ0n) is 6.54. The third-order valence-corrected chi connectivity index (χ3v) is 0.965. The lowest BCUT2D eigenvalue weighted by Gasteiger charge is -1.87. The van der Waals surface area contributed by atoms with Crippen molar-refractivity contribution < 1.29 is 9.47 Å². The van der Waals surface area contributed by atoms with Crippen LogP contribution in [-0.4, -0.2) is 14.2 Å². The molecule has 0 aliphatic rings. The Morgan fingerprint density at radius 1 is 0.900 bits per heavy atom. The van der Waals surface area contributed by atoms with Gasteiger partial charge in [-0.3, -0.25) is 0 Å². The lowest BCUT2D eigenvalue weighted by molar-refractivity contribution is 0.334. The first kappa shape index (κ1) is 9.08. The fourth-order valence-corrected chi connectivity index (χ4v) is 0.521. The maximum absolute atomic E-state index is 4.71. The van der Waals surface area contributed by atoms with Crippen molar-refractivity contribution in [1.82, 2.24) is 0 Å². The molecule has 0 amide bonds. The van der Waals surface area contributed by atoms with Crippen molar-refractivity contribution in [2.24, 2.45) is 0 Å². The second kappa shape index (κ2) is 8.08. The highest BCUT2D eigenvalue weighted by Crippen LogP contribution is 1.92. The third kappa shape index (κ3) is 7.08. The Labute approximate surface area is 62.1 Å². The van der Waals surface area contributed by atoms with Crippen molar-refractivity contribution in [2.75, 3.05) is 14.2 Å². The molecular formula is C8H14O2. The average molecular weight is 142 g/mol. The fourth-order valence-electron chi connectivity index (χ4n) is 0.521. The molecule has 0 aromatic carbocycles. The Hall–Kier alpha value is -0.920. The van der Waals surface area contributed by atoms with E-state index >= 15 is 0 Å². The minimum absolute atomic E-state index is 0.994. The highest BCUT2D eigenvalue weighted by molar-refractivity contribution is 4.80. The van der Waals surface area contributed by atoms with Crippen molar-refractivity contribution in [3.63, 3.8) is 0 Å². The summed E-state index contributed by atoms with van der Waals surface area (Å²) in [7, 11) is 3.28. The van der Waals surface area contributed by atoms with E-state index in [-0.39, 0.29) is 0 Å². The Morgan fingerprint density at radius 2 is 1.30 bits per heavy atom. The van der Waals surface area contributed by atoms with E-state index < -0.39 is 0 Å². The summed E-state index contributed by atoms with van der Waals surface area (Å²) < 4.78 is 9.42. The highest BCUT2D eigenvalue weighted by atomic mass is 16.5. The summed E-state index contributed by atoms with van der Waals surface area (Å²) in [4.78, 5) is 0. The van der Waals surface area contributed by atoms with Crippen molar-refractivity contribution >= 4 is 0 Å². The first-order valence-electron chi connectivity index (χ1n) is 3.27. The number of ether oxygens (including phenoxy) is 2. The van der Waals surface area contributed by atoms with Crippen LogP contribution in [0.1, 0.15) is 12.8 Å². The van der Waals surface area contributed by atoms with Crippen LogP contribution in [0.5, 0.6) is 0 Å². The van der Waals surface area contributed by atoms with E-state index in [2.05, 4.69) is 0 Å². The normalized spacial score (nSPS) is 11.0. The van der Waals surface area contributed by atoms with Crippen molar-refractivity contribution in [3.05, 3.63) is 24.7 Å². The average Bonchev–Trinajstić information content (AvgIpc) is 1.97. The molecule has 0 rings (SSSR count). The molecule has 2 heteroatoms. The smallest absolute Gasteiger partial charge is 0.0784 e. The molecule has 58 valence electrons. The predicted octanol–water partition coefficient (Wildman–Crippen LogP) is 2.09. The summed E-state index contributed by atoms with van der Waals surface area (Å²) in [6, 6.07) is 0. The van der Waals surface area contributed by atoms with Gasteiger partial charge in [0.15, 0.2) is 0 Å². The number of allylic oxidation sites excluding steroid dienone is 2. The van der Waals surface area contributed by atoms with Crippen LogP contribution >= 0.6 is 0 Å². The quantitative estimate of drug-likeness (QED) is 0.432. The molecule has 0 heterocycles. The Balaban J connectivity index is 3.04. The van der Waals surface area contributed by atoms with E-state index in [4.69, 9.17) is 9.47 Å². The molecule has 0 N–H and O–H groups in total. The molecule has 0 fully saturated rings. The van der Waals surface area contributed by atoms with Gasteiger partial charge in [-0.15, -0.1) is 0 Å². The first-order valence-corrected chi connectivity index (χ1v) is 3.27. The van der Waals surface area contributed by atoms with Crippen LogP contribution in [0, 0.1) is 0 Å². The van der Waals surface area contributed by atoms with E-state index in [9.17, 15) is 0 Å². The molecule has 0 bridgehead atoms. The van der Waals surface area contributed by atoms with Gasteiger partial charge >= 0.3 is 0 Å². The molecule has 0 aromatic heterocycles. The first-order chi connectivity index (χ1) is 4.91. The zero-order chi connectivity index (χ0) is 7.66. The van der Waals surface area contributed by atoms with E-state index in [1.807, 2.05) is 12.2 Å². The van der Waals surface area contributed by atoms with E-state index in [1.54, 1.807) is 26.7 Å². The summed E-state index contributed by atoms with van der Waals surface area (Å²) in [5.41, 5.74) is 0. The molecule has 10 heavy (non-hydrogen) atoms. The van der Waals surface area contributed by atoms with Crippen LogP contribution < -0.4 is 0 Å². The Morgan fingerprint density at radius 3 is 1.60 bits per heavy atom. The van der Waals surface area contributed by atoms with Gasteiger partial charge in [0.2, 0.25) is 0 Å². The minimum Gasteiger partial charge on any atom is -0.505 e. The molecule has 0 aliphatic heterocycles. The lowest BCUT2D eigenvalue weighted by atomic mass is 10.3. The van der Waals surface area contributed by atoms with Gasteiger partial charge in [-0.25, -0.2) is 0 Å². The SMILES string of the molecule is COC=CCCC=COC. The predicted molar refractivity (Wildman–Crippen MR) is 41.5 cm³/mol. The van der Waals surface area contributed by atoms with Crippen LogP contribution in [0.25, 0.3) is 0 Å². The molecular weight excluding hydrogens is 128 g/mol. The summed E-state index contributed by atoms with van der Waals surface area (Å²) in [5, 5.41) is 0.